The Labute approximate surface area is 210 Å². The summed E-state index contributed by atoms with van der Waals surface area (Å²) in [6, 6.07) is 7.51. The van der Waals surface area contributed by atoms with Gasteiger partial charge in [0.15, 0.2) is 11.6 Å². The molecule has 2 fully saturated rings. The standard InChI is InChI=1S/C25H31BN6O4/c1-24(2)25(3,4)36-26(35-24)17-13-27-20(30-23(33)15-10-11-15)12-19(17)29-18-9-7-8-16(21(18)34-6)22-28-14-32(5)31-22/h7-9,12-15H,10-11H2,1-6H3,(H2,27,29,30,33). The van der Waals surface area contributed by atoms with Crippen molar-refractivity contribution in [1.82, 2.24) is 19.7 Å². The third kappa shape index (κ3) is 4.56. The number of amides is 1. The van der Waals surface area contributed by atoms with Crippen molar-refractivity contribution < 1.29 is 18.8 Å². The number of pyridine rings is 1. The van der Waals surface area contributed by atoms with Crippen molar-refractivity contribution in [3.8, 4) is 17.1 Å². The number of nitrogens with one attached hydrogen (secondary N) is 2. The van der Waals surface area contributed by atoms with Gasteiger partial charge >= 0.3 is 7.12 Å². The highest BCUT2D eigenvalue weighted by Gasteiger charge is 2.52. The van der Waals surface area contributed by atoms with Crippen LogP contribution in [-0.2, 0) is 21.2 Å². The van der Waals surface area contributed by atoms with E-state index in [0.717, 1.165) is 18.4 Å². The number of hydrogen-bond acceptors (Lipinski definition) is 8. The Morgan fingerprint density at radius 3 is 2.47 bits per heavy atom. The zero-order chi connectivity index (χ0) is 25.7. The second kappa shape index (κ2) is 8.90. The van der Waals surface area contributed by atoms with Crippen LogP contribution in [0.25, 0.3) is 11.4 Å². The summed E-state index contributed by atoms with van der Waals surface area (Å²) in [5.74, 6) is 1.64. The molecule has 3 aromatic rings. The molecule has 0 bridgehead atoms. The highest BCUT2D eigenvalue weighted by molar-refractivity contribution is 6.64. The molecule has 1 aromatic carbocycles. The Kier molecular flexibility index (Phi) is 6.00. The third-order valence-corrected chi connectivity index (χ3v) is 6.97. The molecular weight excluding hydrogens is 459 g/mol. The first-order chi connectivity index (χ1) is 17.1. The fraction of sp³-hybridized carbons (Fsp3) is 0.440. The molecule has 0 radical (unpaired) electrons. The van der Waals surface area contributed by atoms with E-state index in [9.17, 15) is 4.79 Å². The molecule has 2 N–H and O–H groups in total. The van der Waals surface area contributed by atoms with Crippen LogP contribution in [-0.4, -0.2) is 51.1 Å². The number of para-hydroxylation sites is 1. The lowest BCUT2D eigenvalue weighted by atomic mass is 9.79. The molecule has 11 heteroatoms. The van der Waals surface area contributed by atoms with Crippen LogP contribution in [0, 0.1) is 5.92 Å². The van der Waals surface area contributed by atoms with Crippen LogP contribution in [0.15, 0.2) is 36.8 Å². The van der Waals surface area contributed by atoms with Gasteiger partial charge in [0.25, 0.3) is 0 Å². The van der Waals surface area contributed by atoms with Crippen LogP contribution in [0.4, 0.5) is 17.2 Å². The molecule has 188 valence electrons. The molecule has 0 spiro atoms. The van der Waals surface area contributed by atoms with Crippen molar-refractivity contribution >= 4 is 35.7 Å². The van der Waals surface area contributed by atoms with Crippen LogP contribution in [0.2, 0.25) is 0 Å². The lowest BCUT2D eigenvalue weighted by molar-refractivity contribution is -0.117. The van der Waals surface area contributed by atoms with Crippen LogP contribution < -0.4 is 20.8 Å². The Hall–Kier alpha value is -3.44. The van der Waals surface area contributed by atoms with Crippen LogP contribution in [0.5, 0.6) is 5.75 Å². The molecule has 1 aliphatic carbocycles. The number of ether oxygens (including phenoxy) is 1. The Morgan fingerprint density at radius 1 is 1.14 bits per heavy atom. The second-order valence-electron chi connectivity index (χ2n) is 10.3. The van der Waals surface area contributed by atoms with E-state index >= 15 is 0 Å². The van der Waals surface area contributed by atoms with E-state index in [4.69, 9.17) is 14.0 Å². The molecule has 2 aliphatic rings. The minimum Gasteiger partial charge on any atom is -0.494 e. The van der Waals surface area contributed by atoms with Crippen LogP contribution >= 0.6 is 0 Å². The number of nitrogens with zero attached hydrogens (tertiary/aromatic N) is 4. The molecule has 0 atom stereocenters. The highest BCUT2D eigenvalue weighted by Crippen LogP contribution is 2.39. The number of benzene rings is 1. The van der Waals surface area contributed by atoms with E-state index in [1.54, 1.807) is 30.4 Å². The predicted octanol–water partition coefficient (Wildman–Crippen LogP) is 3.28. The van der Waals surface area contributed by atoms with Crippen LogP contribution in [0.3, 0.4) is 0 Å². The van der Waals surface area contributed by atoms with E-state index < -0.39 is 18.3 Å². The van der Waals surface area contributed by atoms with Crippen molar-refractivity contribution in [3.63, 3.8) is 0 Å². The second-order valence-corrected chi connectivity index (χ2v) is 10.3. The summed E-state index contributed by atoms with van der Waals surface area (Å²) in [5, 5.41) is 10.8. The molecule has 5 rings (SSSR count). The monoisotopic (exact) mass is 490 g/mol. The van der Waals surface area contributed by atoms with Crippen LogP contribution in [0.1, 0.15) is 40.5 Å². The van der Waals surface area contributed by atoms with E-state index in [1.165, 1.54) is 0 Å². The van der Waals surface area contributed by atoms with Gasteiger partial charge in [-0.1, -0.05) is 6.07 Å². The predicted molar refractivity (Wildman–Crippen MR) is 138 cm³/mol. The number of rotatable bonds is 7. The third-order valence-electron chi connectivity index (χ3n) is 6.97. The highest BCUT2D eigenvalue weighted by atomic mass is 16.7. The van der Waals surface area contributed by atoms with Gasteiger partial charge in [0.05, 0.1) is 29.6 Å². The first kappa shape index (κ1) is 24.3. The summed E-state index contributed by atoms with van der Waals surface area (Å²) < 4.78 is 20.0. The van der Waals surface area contributed by atoms with Gasteiger partial charge in [-0.3, -0.25) is 9.48 Å². The molecule has 0 unspecified atom stereocenters. The molecule has 2 aromatic heterocycles. The first-order valence-electron chi connectivity index (χ1n) is 12.0. The largest absolute Gasteiger partial charge is 0.498 e. The summed E-state index contributed by atoms with van der Waals surface area (Å²) in [4.78, 5) is 21.3. The molecule has 1 aliphatic heterocycles. The van der Waals surface area contributed by atoms with Gasteiger partial charge < -0.3 is 24.7 Å². The normalized spacial score (nSPS) is 18.2. The number of carbonyl (C=O) groups is 1. The molecule has 3 heterocycles. The van der Waals surface area contributed by atoms with Crippen molar-refractivity contribution in [1.29, 1.82) is 0 Å². The summed E-state index contributed by atoms with van der Waals surface area (Å²) >= 11 is 0. The van der Waals surface area contributed by atoms with Gasteiger partial charge in [-0.2, -0.15) is 5.10 Å². The number of carbonyl (C=O) groups excluding carboxylic acids is 1. The molecule has 10 nitrogen and oxygen atoms in total. The van der Waals surface area contributed by atoms with Crippen molar-refractivity contribution in [3.05, 3.63) is 36.8 Å². The summed E-state index contributed by atoms with van der Waals surface area (Å²) in [5.41, 5.74) is 1.80. The average molecular weight is 490 g/mol. The number of anilines is 3. The van der Waals surface area contributed by atoms with E-state index in [0.29, 0.717) is 34.2 Å². The number of aryl methyl sites for hydroxylation is 1. The van der Waals surface area contributed by atoms with Gasteiger partial charge in [0.2, 0.25) is 5.91 Å². The van der Waals surface area contributed by atoms with Gasteiger partial charge in [0.1, 0.15) is 12.1 Å². The number of methoxy groups -OCH3 is 1. The van der Waals surface area contributed by atoms with E-state index in [1.807, 2.05) is 52.9 Å². The summed E-state index contributed by atoms with van der Waals surface area (Å²) in [6.45, 7) is 8.02. The Balaban J connectivity index is 1.54. The number of aromatic nitrogens is 4. The van der Waals surface area contributed by atoms with E-state index in [-0.39, 0.29) is 11.8 Å². The van der Waals surface area contributed by atoms with Gasteiger partial charge in [-0.15, -0.1) is 0 Å². The smallest absolute Gasteiger partial charge is 0.494 e. The minimum atomic E-state index is -0.648. The average Bonchev–Trinajstić information content (AvgIpc) is 3.54. The molecule has 36 heavy (non-hydrogen) atoms. The molecule has 1 amide bonds. The van der Waals surface area contributed by atoms with Gasteiger partial charge in [-0.25, -0.2) is 9.97 Å². The Morgan fingerprint density at radius 2 is 1.86 bits per heavy atom. The van der Waals surface area contributed by atoms with Gasteiger partial charge in [-0.05, 0) is 52.7 Å². The van der Waals surface area contributed by atoms with Gasteiger partial charge in [0, 0.05) is 36.4 Å². The van der Waals surface area contributed by atoms with Crippen molar-refractivity contribution in [2.45, 2.75) is 51.7 Å². The number of hydrogen-bond donors (Lipinski definition) is 2. The molecule has 1 saturated carbocycles. The summed E-state index contributed by atoms with van der Waals surface area (Å²) in [7, 11) is 2.77. The fourth-order valence-electron chi connectivity index (χ4n) is 4.01. The maximum Gasteiger partial charge on any atom is 0.498 e. The topological polar surface area (TPSA) is 112 Å². The maximum atomic E-state index is 12.4. The maximum absolute atomic E-state index is 12.4. The summed E-state index contributed by atoms with van der Waals surface area (Å²) in [6.07, 6.45) is 5.15. The van der Waals surface area contributed by atoms with Crippen molar-refractivity contribution in [2.24, 2.45) is 13.0 Å². The fourth-order valence-corrected chi connectivity index (χ4v) is 4.01. The lowest BCUT2D eigenvalue weighted by Gasteiger charge is -2.32. The molecular formula is C25H31BN6O4. The lowest BCUT2D eigenvalue weighted by Crippen LogP contribution is -2.41. The quantitative estimate of drug-likeness (QED) is 0.486. The molecule has 1 saturated heterocycles. The minimum absolute atomic E-state index is 0.0161. The zero-order valence-corrected chi connectivity index (χ0v) is 21.5. The zero-order valence-electron chi connectivity index (χ0n) is 21.5. The van der Waals surface area contributed by atoms with Crippen molar-refractivity contribution in [2.75, 3.05) is 17.7 Å². The SMILES string of the molecule is COc1c(Nc2cc(NC(=O)C3CC3)ncc2B2OC(C)(C)C(C)(C)O2)cccc1-c1ncn(C)n1. The van der Waals surface area contributed by atoms with E-state index in [2.05, 4.69) is 25.7 Å². The Bertz CT molecular complexity index is 1290. The first-order valence-corrected chi connectivity index (χ1v) is 12.0.